The molecule has 1 aromatic heterocycles. The summed E-state index contributed by atoms with van der Waals surface area (Å²) in [5.74, 6) is 0.483. The van der Waals surface area contributed by atoms with Gasteiger partial charge in [-0.25, -0.2) is 4.98 Å². The number of aromatic nitrogens is 3. The van der Waals surface area contributed by atoms with Crippen LogP contribution in [0.4, 0.5) is 0 Å². The third-order valence-corrected chi connectivity index (χ3v) is 2.90. The van der Waals surface area contributed by atoms with Crippen molar-refractivity contribution in [1.82, 2.24) is 20.5 Å². The first-order valence-electron chi connectivity index (χ1n) is 6.10. The number of H-pyrrole nitrogens is 1. The highest BCUT2D eigenvalue weighted by atomic mass is 16.3. The largest absolute Gasteiger partial charge is 0.396 e. The highest BCUT2D eigenvalue weighted by Crippen LogP contribution is 2.17. The van der Waals surface area contributed by atoms with Crippen molar-refractivity contribution >= 4 is 5.91 Å². The van der Waals surface area contributed by atoms with Crippen molar-refractivity contribution in [3.8, 4) is 0 Å². The highest BCUT2D eigenvalue weighted by molar-refractivity contribution is 5.90. The summed E-state index contributed by atoms with van der Waals surface area (Å²) in [6, 6.07) is -0.126. The molecule has 0 spiro atoms. The van der Waals surface area contributed by atoms with E-state index in [9.17, 15) is 4.79 Å². The Bertz CT molecular complexity index is 408. The Morgan fingerprint density at radius 1 is 1.44 bits per heavy atom. The van der Waals surface area contributed by atoms with E-state index in [2.05, 4.69) is 20.5 Å². The average molecular weight is 254 g/mol. The van der Waals surface area contributed by atoms with E-state index in [-0.39, 0.29) is 35.7 Å². The maximum absolute atomic E-state index is 11.9. The Labute approximate surface area is 107 Å². The molecule has 0 fully saturated rings. The van der Waals surface area contributed by atoms with Crippen LogP contribution < -0.4 is 5.32 Å². The Kier molecular flexibility index (Phi) is 4.45. The molecule has 1 rings (SSSR count). The maximum atomic E-state index is 11.9. The summed E-state index contributed by atoms with van der Waals surface area (Å²) in [5, 5.41) is 18.5. The summed E-state index contributed by atoms with van der Waals surface area (Å²) in [6.07, 6.45) is 0. The first-order valence-corrected chi connectivity index (χ1v) is 6.10. The van der Waals surface area contributed by atoms with E-state index in [0.29, 0.717) is 5.82 Å². The zero-order valence-electron chi connectivity index (χ0n) is 11.6. The van der Waals surface area contributed by atoms with Gasteiger partial charge in [0, 0.05) is 18.1 Å². The van der Waals surface area contributed by atoms with Crippen molar-refractivity contribution in [2.24, 2.45) is 5.92 Å². The molecule has 2 unspecified atom stereocenters. The van der Waals surface area contributed by atoms with E-state index in [1.807, 2.05) is 34.6 Å². The molecule has 1 aromatic rings. The molecule has 1 heterocycles. The van der Waals surface area contributed by atoms with Crippen LogP contribution in [0.5, 0.6) is 0 Å². The SMILES string of the molecule is CC(CO)C(C)NC(=O)c1n[nH]c(C(C)(C)C)n1. The van der Waals surface area contributed by atoms with Gasteiger partial charge < -0.3 is 10.4 Å². The number of amides is 1. The summed E-state index contributed by atoms with van der Waals surface area (Å²) < 4.78 is 0. The van der Waals surface area contributed by atoms with Gasteiger partial charge in [-0.2, -0.15) is 0 Å². The van der Waals surface area contributed by atoms with E-state index in [4.69, 9.17) is 5.11 Å². The fourth-order valence-corrected chi connectivity index (χ4v) is 1.27. The molecule has 0 saturated heterocycles. The Morgan fingerprint density at radius 2 is 2.06 bits per heavy atom. The minimum absolute atomic E-state index is 0.00465. The lowest BCUT2D eigenvalue weighted by Gasteiger charge is -2.18. The van der Waals surface area contributed by atoms with Gasteiger partial charge in [-0.3, -0.25) is 9.89 Å². The molecule has 1 amide bonds. The normalized spacial score (nSPS) is 15.2. The molecule has 2 atom stereocenters. The van der Waals surface area contributed by atoms with Gasteiger partial charge in [0.1, 0.15) is 5.82 Å². The van der Waals surface area contributed by atoms with Crippen LogP contribution in [0.25, 0.3) is 0 Å². The first-order chi connectivity index (χ1) is 8.25. The predicted molar refractivity (Wildman–Crippen MR) is 68.3 cm³/mol. The number of aromatic amines is 1. The van der Waals surface area contributed by atoms with Crippen LogP contribution in [-0.2, 0) is 5.41 Å². The van der Waals surface area contributed by atoms with E-state index >= 15 is 0 Å². The standard InChI is InChI=1S/C12H22N4O2/c1-7(6-17)8(2)13-10(18)9-14-11(16-15-9)12(3,4)5/h7-8,17H,6H2,1-5H3,(H,13,18)(H,14,15,16). The van der Waals surface area contributed by atoms with Crippen LogP contribution in [0.3, 0.4) is 0 Å². The molecular formula is C12H22N4O2. The summed E-state index contributed by atoms with van der Waals surface area (Å²) in [7, 11) is 0. The van der Waals surface area contributed by atoms with Crippen LogP contribution in [-0.4, -0.2) is 38.8 Å². The van der Waals surface area contributed by atoms with Gasteiger partial charge in [0.05, 0.1) is 0 Å². The summed E-state index contributed by atoms with van der Waals surface area (Å²) in [6.45, 7) is 9.71. The van der Waals surface area contributed by atoms with Gasteiger partial charge >= 0.3 is 0 Å². The quantitative estimate of drug-likeness (QED) is 0.743. The van der Waals surface area contributed by atoms with Crippen molar-refractivity contribution in [3.63, 3.8) is 0 Å². The van der Waals surface area contributed by atoms with Gasteiger partial charge in [-0.15, -0.1) is 5.10 Å². The van der Waals surface area contributed by atoms with E-state index in [0.717, 1.165) is 0 Å². The number of hydrogen-bond donors (Lipinski definition) is 3. The molecule has 6 nitrogen and oxygen atoms in total. The van der Waals surface area contributed by atoms with Gasteiger partial charge in [0.2, 0.25) is 5.82 Å². The van der Waals surface area contributed by atoms with E-state index in [1.54, 1.807) is 0 Å². The van der Waals surface area contributed by atoms with Gasteiger partial charge in [0.15, 0.2) is 0 Å². The molecule has 0 bridgehead atoms. The topological polar surface area (TPSA) is 90.9 Å². The van der Waals surface area contributed by atoms with Crippen molar-refractivity contribution < 1.29 is 9.90 Å². The Balaban J connectivity index is 2.71. The van der Waals surface area contributed by atoms with Crippen LogP contribution in [0.15, 0.2) is 0 Å². The highest BCUT2D eigenvalue weighted by Gasteiger charge is 2.22. The zero-order chi connectivity index (χ0) is 13.9. The molecule has 18 heavy (non-hydrogen) atoms. The molecule has 0 aliphatic carbocycles. The third-order valence-electron chi connectivity index (χ3n) is 2.90. The molecule has 0 aliphatic heterocycles. The molecule has 0 aliphatic rings. The number of nitrogens with one attached hydrogen (secondary N) is 2. The second kappa shape index (κ2) is 5.48. The number of carbonyl (C=O) groups is 1. The third kappa shape index (κ3) is 3.53. The second-order valence-electron chi connectivity index (χ2n) is 5.68. The number of rotatable bonds is 4. The van der Waals surface area contributed by atoms with Crippen molar-refractivity contribution in [3.05, 3.63) is 11.6 Å². The molecule has 102 valence electrons. The number of aliphatic hydroxyl groups excluding tert-OH is 1. The zero-order valence-corrected chi connectivity index (χ0v) is 11.6. The Morgan fingerprint density at radius 3 is 2.50 bits per heavy atom. The number of nitrogens with zero attached hydrogens (tertiary/aromatic N) is 2. The monoisotopic (exact) mass is 254 g/mol. The number of hydrogen-bond acceptors (Lipinski definition) is 4. The lowest BCUT2D eigenvalue weighted by Crippen LogP contribution is -2.38. The van der Waals surface area contributed by atoms with Gasteiger partial charge in [-0.1, -0.05) is 27.7 Å². The fraction of sp³-hybridized carbons (Fsp3) is 0.750. The average Bonchev–Trinajstić information content (AvgIpc) is 2.76. The van der Waals surface area contributed by atoms with E-state index < -0.39 is 0 Å². The molecule has 0 radical (unpaired) electrons. The minimum atomic E-state index is -0.324. The first kappa shape index (κ1) is 14.6. The minimum Gasteiger partial charge on any atom is -0.396 e. The van der Waals surface area contributed by atoms with Crippen molar-refractivity contribution in [2.75, 3.05) is 6.61 Å². The fourth-order valence-electron chi connectivity index (χ4n) is 1.27. The van der Waals surface area contributed by atoms with Gasteiger partial charge in [0.25, 0.3) is 5.91 Å². The summed E-state index contributed by atoms with van der Waals surface area (Å²) in [4.78, 5) is 16.1. The smallest absolute Gasteiger partial charge is 0.291 e. The predicted octanol–water partition coefficient (Wildman–Crippen LogP) is 0.849. The number of carbonyl (C=O) groups excluding carboxylic acids is 1. The Hall–Kier alpha value is -1.43. The second-order valence-corrected chi connectivity index (χ2v) is 5.68. The van der Waals surface area contributed by atoms with E-state index in [1.165, 1.54) is 0 Å². The lowest BCUT2D eigenvalue weighted by molar-refractivity contribution is 0.0906. The van der Waals surface area contributed by atoms with Crippen LogP contribution in [0, 0.1) is 5.92 Å². The van der Waals surface area contributed by atoms with Crippen molar-refractivity contribution in [1.29, 1.82) is 0 Å². The molecule has 6 heteroatoms. The lowest BCUT2D eigenvalue weighted by atomic mass is 9.96. The van der Waals surface area contributed by atoms with Gasteiger partial charge in [-0.05, 0) is 12.8 Å². The summed E-state index contributed by atoms with van der Waals surface area (Å²) >= 11 is 0. The number of aliphatic hydroxyl groups is 1. The molecular weight excluding hydrogens is 232 g/mol. The van der Waals surface area contributed by atoms with Crippen LogP contribution >= 0.6 is 0 Å². The van der Waals surface area contributed by atoms with Crippen molar-refractivity contribution in [2.45, 2.75) is 46.1 Å². The summed E-state index contributed by atoms with van der Waals surface area (Å²) in [5.41, 5.74) is -0.171. The van der Waals surface area contributed by atoms with Crippen LogP contribution in [0.2, 0.25) is 0 Å². The molecule has 0 aromatic carbocycles. The van der Waals surface area contributed by atoms with Crippen LogP contribution in [0.1, 0.15) is 51.1 Å². The molecule has 0 saturated carbocycles. The molecule has 3 N–H and O–H groups in total. The maximum Gasteiger partial charge on any atom is 0.291 e.